The highest BCUT2D eigenvalue weighted by Crippen LogP contribution is 2.31. The lowest BCUT2D eigenvalue weighted by Gasteiger charge is -2.02. The number of hydrogen-bond donors (Lipinski definition) is 1. The van der Waals surface area contributed by atoms with Crippen molar-refractivity contribution in [3.8, 4) is 11.3 Å². The van der Waals surface area contributed by atoms with Gasteiger partial charge in [0, 0.05) is 10.6 Å². The summed E-state index contributed by atoms with van der Waals surface area (Å²) in [6.45, 7) is 0. The minimum absolute atomic E-state index is 0.625. The van der Waals surface area contributed by atoms with Gasteiger partial charge in [0.2, 0.25) is 0 Å². The molecule has 72 valence electrons. The summed E-state index contributed by atoms with van der Waals surface area (Å²) in [6, 6.07) is 5.40. The Labute approximate surface area is 105 Å². The number of H-pyrrole nitrogens is 1. The SMILES string of the molecule is Clc1ccc(-c2[nH]ncc2I)c(Cl)c1. The average molecular weight is 339 g/mol. The van der Waals surface area contributed by atoms with Crippen molar-refractivity contribution in [1.29, 1.82) is 0 Å². The third kappa shape index (κ3) is 1.89. The molecule has 0 bridgehead atoms. The van der Waals surface area contributed by atoms with Crippen LogP contribution in [0.15, 0.2) is 24.4 Å². The molecule has 0 aliphatic carbocycles. The van der Waals surface area contributed by atoms with Gasteiger partial charge < -0.3 is 0 Å². The summed E-state index contributed by atoms with van der Waals surface area (Å²) in [5, 5.41) is 8.09. The molecular formula is C9H5Cl2IN2. The van der Waals surface area contributed by atoms with E-state index in [1.54, 1.807) is 18.3 Å². The highest BCUT2D eigenvalue weighted by atomic mass is 127. The number of aromatic amines is 1. The van der Waals surface area contributed by atoms with Gasteiger partial charge in [0.1, 0.15) is 0 Å². The highest BCUT2D eigenvalue weighted by molar-refractivity contribution is 14.1. The minimum atomic E-state index is 0.625. The molecule has 0 aliphatic rings. The van der Waals surface area contributed by atoms with E-state index >= 15 is 0 Å². The van der Waals surface area contributed by atoms with E-state index in [4.69, 9.17) is 23.2 Å². The van der Waals surface area contributed by atoms with Gasteiger partial charge in [-0.05, 0) is 40.8 Å². The first-order valence-electron chi connectivity index (χ1n) is 3.83. The van der Waals surface area contributed by atoms with Crippen LogP contribution >= 0.6 is 45.8 Å². The summed E-state index contributed by atoms with van der Waals surface area (Å²) in [5.74, 6) is 0. The molecule has 0 atom stereocenters. The smallest absolute Gasteiger partial charge is 0.0798 e. The summed E-state index contributed by atoms with van der Waals surface area (Å²) >= 11 is 14.1. The maximum absolute atomic E-state index is 6.06. The van der Waals surface area contributed by atoms with Gasteiger partial charge in [0.25, 0.3) is 0 Å². The number of nitrogens with one attached hydrogen (secondary N) is 1. The zero-order chi connectivity index (χ0) is 10.1. The van der Waals surface area contributed by atoms with Crippen molar-refractivity contribution in [2.75, 3.05) is 0 Å². The fraction of sp³-hybridized carbons (Fsp3) is 0. The molecule has 0 radical (unpaired) electrons. The molecule has 0 saturated heterocycles. The lowest BCUT2D eigenvalue weighted by Crippen LogP contribution is -1.82. The van der Waals surface area contributed by atoms with Crippen molar-refractivity contribution in [3.05, 3.63) is 38.0 Å². The molecule has 2 rings (SSSR count). The summed E-state index contributed by atoms with van der Waals surface area (Å²) < 4.78 is 1.03. The molecule has 2 aromatic rings. The van der Waals surface area contributed by atoms with E-state index in [9.17, 15) is 0 Å². The predicted molar refractivity (Wildman–Crippen MR) is 66.8 cm³/mol. The molecule has 1 aromatic heterocycles. The van der Waals surface area contributed by atoms with Crippen LogP contribution in [0.25, 0.3) is 11.3 Å². The Morgan fingerprint density at radius 2 is 2.07 bits per heavy atom. The first kappa shape index (κ1) is 10.3. The monoisotopic (exact) mass is 338 g/mol. The van der Waals surface area contributed by atoms with Crippen molar-refractivity contribution in [2.45, 2.75) is 0 Å². The van der Waals surface area contributed by atoms with Crippen molar-refractivity contribution < 1.29 is 0 Å². The standard InChI is InChI=1S/C9H5Cl2IN2/c10-5-1-2-6(7(11)3-5)9-8(12)4-13-14-9/h1-4H,(H,13,14). The lowest BCUT2D eigenvalue weighted by atomic mass is 10.1. The van der Waals surface area contributed by atoms with Crippen molar-refractivity contribution in [3.63, 3.8) is 0 Å². The normalized spacial score (nSPS) is 10.5. The zero-order valence-electron chi connectivity index (χ0n) is 6.89. The van der Waals surface area contributed by atoms with Gasteiger partial charge >= 0.3 is 0 Å². The second-order valence-corrected chi connectivity index (χ2v) is 4.72. The molecule has 0 amide bonds. The molecular weight excluding hydrogens is 334 g/mol. The van der Waals surface area contributed by atoms with Gasteiger partial charge in [-0.25, -0.2) is 0 Å². The van der Waals surface area contributed by atoms with E-state index in [2.05, 4.69) is 32.8 Å². The Bertz CT molecular complexity index is 468. The third-order valence-corrected chi connectivity index (χ3v) is 3.16. The Morgan fingerprint density at radius 1 is 1.29 bits per heavy atom. The van der Waals surface area contributed by atoms with Gasteiger partial charge in [-0.15, -0.1) is 0 Å². The number of halogens is 3. The second kappa shape index (κ2) is 4.08. The topological polar surface area (TPSA) is 28.7 Å². The Kier molecular flexibility index (Phi) is 2.99. The van der Waals surface area contributed by atoms with E-state index in [0.29, 0.717) is 10.0 Å². The molecule has 2 nitrogen and oxygen atoms in total. The summed E-state index contributed by atoms with van der Waals surface area (Å²) in [7, 11) is 0. The maximum Gasteiger partial charge on any atom is 0.0798 e. The van der Waals surface area contributed by atoms with E-state index in [1.165, 1.54) is 0 Å². The molecule has 0 saturated carbocycles. The minimum Gasteiger partial charge on any atom is -0.277 e. The van der Waals surface area contributed by atoms with Gasteiger partial charge in [0.05, 0.1) is 20.5 Å². The van der Waals surface area contributed by atoms with Crippen LogP contribution in [0.3, 0.4) is 0 Å². The van der Waals surface area contributed by atoms with E-state index in [0.717, 1.165) is 14.8 Å². The summed E-state index contributed by atoms with van der Waals surface area (Å²) in [6.07, 6.45) is 1.75. The van der Waals surface area contributed by atoms with Crippen molar-refractivity contribution in [1.82, 2.24) is 10.2 Å². The van der Waals surface area contributed by atoms with E-state index in [-0.39, 0.29) is 0 Å². The molecule has 1 N–H and O–H groups in total. The quantitative estimate of drug-likeness (QED) is 0.782. The van der Waals surface area contributed by atoms with Gasteiger partial charge in [0.15, 0.2) is 0 Å². The van der Waals surface area contributed by atoms with Crippen LogP contribution in [0.4, 0.5) is 0 Å². The molecule has 0 aliphatic heterocycles. The number of hydrogen-bond acceptors (Lipinski definition) is 1. The van der Waals surface area contributed by atoms with Gasteiger partial charge in [-0.2, -0.15) is 5.10 Å². The van der Waals surface area contributed by atoms with Gasteiger partial charge in [-0.1, -0.05) is 23.2 Å². The Balaban J connectivity index is 2.58. The van der Waals surface area contributed by atoms with E-state index < -0.39 is 0 Å². The number of nitrogens with zero attached hydrogens (tertiary/aromatic N) is 1. The fourth-order valence-corrected chi connectivity index (χ4v) is 2.21. The van der Waals surface area contributed by atoms with Crippen LogP contribution < -0.4 is 0 Å². The largest absolute Gasteiger partial charge is 0.277 e. The molecule has 0 unspecified atom stereocenters. The molecule has 5 heteroatoms. The Hall–Kier alpha value is -0.260. The number of aromatic nitrogens is 2. The second-order valence-electron chi connectivity index (χ2n) is 2.72. The molecule has 1 heterocycles. The van der Waals surface area contributed by atoms with E-state index in [1.807, 2.05) is 6.07 Å². The first-order chi connectivity index (χ1) is 6.68. The van der Waals surface area contributed by atoms with Crippen LogP contribution in [-0.4, -0.2) is 10.2 Å². The lowest BCUT2D eigenvalue weighted by molar-refractivity contribution is 1.10. The highest BCUT2D eigenvalue weighted by Gasteiger charge is 2.08. The first-order valence-corrected chi connectivity index (χ1v) is 5.66. The molecule has 0 spiro atoms. The summed E-state index contributed by atoms with van der Waals surface area (Å²) in [4.78, 5) is 0. The maximum atomic E-state index is 6.06. The predicted octanol–water partition coefficient (Wildman–Crippen LogP) is 3.99. The summed E-state index contributed by atoms with van der Waals surface area (Å²) in [5.41, 5.74) is 1.84. The molecule has 14 heavy (non-hydrogen) atoms. The van der Waals surface area contributed by atoms with Crippen LogP contribution in [0.2, 0.25) is 10.0 Å². The van der Waals surface area contributed by atoms with Gasteiger partial charge in [-0.3, -0.25) is 5.10 Å². The van der Waals surface area contributed by atoms with Crippen LogP contribution in [0.1, 0.15) is 0 Å². The van der Waals surface area contributed by atoms with Crippen molar-refractivity contribution in [2.24, 2.45) is 0 Å². The van der Waals surface area contributed by atoms with Crippen molar-refractivity contribution >= 4 is 45.8 Å². The third-order valence-electron chi connectivity index (χ3n) is 1.79. The zero-order valence-corrected chi connectivity index (χ0v) is 10.6. The Morgan fingerprint density at radius 3 is 2.64 bits per heavy atom. The molecule has 0 fully saturated rings. The number of rotatable bonds is 1. The molecule has 1 aromatic carbocycles. The number of benzene rings is 1. The van der Waals surface area contributed by atoms with Crippen LogP contribution in [0.5, 0.6) is 0 Å². The average Bonchev–Trinajstić information content (AvgIpc) is 2.52. The fourth-order valence-electron chi connectivity index (χ4n) is 1.15. The van der Waals surface area contributed by atoms with Crippen LogP contribution in [-0.2, 0) is 0 Å². The van der Waals surface area contributed by atoms with Crippen LogP contribution in [0, 0.1) is 3.57 Å².